The molecule has 0 radical (unpaired) electrons. The molecule has 7 nitrogen and oxygen atoms in total. The second-order valence-corrected chi connectivity index (χ2v) is 5.44. The molecular formula is C13H22N4O3. The lowest BCUT2D eigenvalue weighted by Gasteiger charge is -2.20. The highest BCUT2D eigenvalue weighted by Gasteiger charge is 2.25. The first kappa shape index (κ1) is 14.9. The molecular weight excluding hydrogens is 260 g/mol. The van der Waals surface area contributed by atoms with Crippen LogP contribution in [0.25, 0.3) is 0 Å². The minimum absolute atomic E-state index is 0.0343. The van der Waals surface area contributed by atoms with E-state index in [9.17, 15) is 4.79 Å². The van der Waals surface area contributed by atoms with Crippen molar-refractivity contribution in [3.63, 3.8) is 0 Å². The zero-order valence-electron chi connectivity index (χ0n) is 11.9. The van der Waals surface area contributed by atoms with Crippen molar-refractivity contribution in [1.29, 1.82) is 0 Å². The second-order valence-electron chi connectivity index (χ2n) is 5.44. The van der Waals surface area contributed by atoms with Gasteiger partial charge in [-0.3, -0.25) is 4.79 Å². The van der Waals surface area contributed by atoms with Crippen LogP contribution in [0.1, 0.15) is 55.7 Å². The van der Waals surface area contributed by atoms with Gasteiger partial charge in [0.25, 0.3) is 11.7 Å². The Morgan fingerprint density at radius 1 is 1.60 bits per heavy atom. The predicted octanol–water partition coefficient (Wildman–Crippen LogP) is 0.631. The van der Waals surface area contributed by atoms with E-state index >= 15 is 0 Å². The van der Waals surface area contributed by atoms with E-state index in [4.69, 9.17) is 9.63 Å². The Bertz CT molecular complexity index is 441. The quantitative estimate of drug-likeness (QED) is 0.707. The molecule has 1 aromatic rings. The van der Waals surface area contributed by atoms with Crippen LogP contribution >= 0.6 is 0 Å². The SMILES string of the molecule is CC(C)C(CCO)NC(=O)c1noc(C2CCCN2)n1. The fourth-order valence-electron chi connectivity index (χ4n) is 2.31. The molecule has 2 unspecified atom stereocenters. The van der Waals surface area contributed by atoms with Crippen LogP contribution in [0.15, 0.2) is 4.52 Å². The van der Waals surface area contributed by atoms with Crippen LogP contribution in [0.3, 0.4) is 0 Å². The van der Waals surface area contributed by atoms with E-state index in [1.54, 1.807) is 0 Å². The van der Waals surface area contributed by atoms with Crippen LogP contribution in [0.5, 0.6) is 0 Å². The van der Waals surface area contributed by atoms with Crippen molar-refractivity contribution in [2.24, 2.45) is 5.92 Å². The molecule has 0 aromatic carbocycles. The van der Waals surface area contributed by atoms with E-state index in [2.05, 4.69) is 20.8 Å². The standard InChI is InChI=1S/C13H22N4O3/c1-8(2)9(5-7-18)15-12(19)11-16-13(20-17-11)10-4-3-6-14-10/h8-10,14,18H,3-7H2,1-2H3,(H,15,19). The van der Waals surface area contributed by atoms with Gasteiger partial charge >= 0.3 is 0 Å². The third kappa shape index (κ3) is 3.55. The smallest absolute Gasteiger partial charge is 0.292 e. The average molecular weight is 282 g/mol. The van der Waals surface area contributed by atoms with Crippen LogP contribution < -0.4 is 10.6 Å². The van der Waals surface area contributed by atoms with E-state index in [1.165, 1.54) is 0 Å². The molecule has 0 aliphatic carbocycles. The summed E-state index contributed by atoms with van der Waals surface area (Å²) in [6, 6.07) is -0.0403. The lowest BCUT2D eigenvalue weighted by molar-refractivity contribution is 0.0903. The maximum atomic E-state index is 12.1. The van der Waals surface area contributed by atoms with Gasteiger partial charge in [0.1, 0.15) is 0 Å². The minimum atomic E-state index is -0.356. The summed E-state index contributed by atoms with van der Waals surface area (Å²) in [6.45, 7) is 4.95. The first-order valence-corrected chi connectivity index (χ1v) is 7.10. The molecule has 1 saturated heterocycles. The Morgan fingerprint density at radius 2 is 2.40 bits per heavy atom. The number of hydrogen-bond donors (Lipinski definition) is 3. The van der Waals surface area contributed by atoms with Crippen molar-refractivity contribution in [1.82, 2.24) is 20.8 Å². The van der Waals surface area contributed by atoms with Crippen LogP contribution in [0.2, 0.25) is 0 Å². The van der Waals surface area contributed by atoms with Gasteiger partial charge in [-0.05, 0) is 31.7 Å². The fraction of sp³-hybridized carbons (Fsp3) is 0.769. The highest BCUT2D eigenvalue weighted by Crippen LogP contribution is 2.21. The summed E-state index contributed by atoms with van der Waals surface area (Å²) >= 11 is 0. The number of aliphatic hydroxyl groups is 1. The van der Waals surface area contributed by atoms with Crippen LogP contribution in [0.4, 0.5) is 0 Å². The average Bonchev–Trinajstić information content (AvgIpc) is 3.08. The zero-order chi connectivity index (χ0) is 14.5. The number of nitrogens with one attached hydrogen (secondary N) is 2. The van der Waals surface area contributed by atoms with Gasteiger partial charge in [-0.1, -0.05) is 19.0 Å². The number of nitrogens with zero attached hydrogens (tertiary/aromatic N) is 2. The topological polar surface area (TPSA) is 100 Å². The summed E-state index contributed by atoms with van der Waals surface area (Å²) in [4.78, 5) is 16.2. The molecule has 0 spiro atoms. The van der Waals surface area contributed by atoms with Crippen molar-refractivity contribution < 1.29 is 14.4 Å². The van der Waals surface area contributed by atoms with Crippen LogP contribution in [-0.4, -0.2) is 40.3 Å². The highest BCUT2D eigenvalue weighted by molar-refractivity contribution is 5.90. The summed E-state index contributed by atoms with van der Waals surface area (Å²) in [6.07, 6.45) is 2.53. The maximum Gasteiger partial charge on any atom is 0.292 e. The molecule has 20 heavy (non-hydrogen) atoms. The largest absolute Gasteiger partial charge is 0.396 e. The minimum Gasteiger partial charge on any atom is -0.396 e. The zero-order valence-corrected chi connectivity index (χ0v) is 11.9. The Morgan fingerprint density at radius 3 is 3.00 bits per heavy atom. The van der Waals surface area contributed by atoms with Gasteiger partial charge in [-0.15, -0.1) is 0 Å². The van der Waals surface area contributed by atoms with Crippen molar-refractivity contribution in [2.75, 3.05) is 13.2 Å². The molecule has 7 heteroatoms. The van der Waals surface area contributed by atoms with E-state index < -0.39 is 0 Å². The maximum absolute atomic E-state index is 12.1. The summed E-state index contributed by atoms with van der Waals surface area (Å²) in [5, 5.41) is 18.8. The number of carbonyl (C=O) groups excluding carboxylic acids is 1. The number of rotatable bonds is 6. The molecule has 112 valence electrons. The lowest BCUT2D eigenvalue weighted by atomic mass is 10.0. The van der Waals surface area contributed by atoms with E-state index in [0.717, 1.165) is 19.4 Å². The number of carbonyl (C=O) groups is 1. The Balaban J connectivity index is 1.98. The first-order valence-electron chi connectivity index (χ1n) is 7.10. The molecule has 1 amide bonds. The number of aromatic nitrogens is 2. The molecule has 1 aliphatic heterocycles. The van der Waals surface area contributed by atoms with Crippen molar-refractivity contribution in [3.8, 4) is 0 Å². The number of aliphatic hydroxyl groups excluding tert-OH is 1. The van der Waals surface area contributed by atoms with Crippen LogP contribution in [0, 0.1) is 5.92 Å². The molecule has 1 aromatic heterocycles. The first-order chi connectivity index (χ1) is 9.61. The molecule has 2 heterocycles. The molecule has 1 fully saturated rings. The van der Waals surface area contributed by atoms with Crippen molar-refractivity contribution in [3.05, 3.63) is 11.7 Å². The number of amides is 1. The number of hydrogen-bond acceptors (Lipinski definition) is 6. The Labute approximate surface area is 118 Å². The fourth-order valence-corrected chi connectivity index (χ4v) is 2.31. The van der Waals surface area contributed by atoms with Gasteiger partial charge in [-0.2, -0.15) is 4.98 Å². The van der Waals surface area contributed by atoms with Crippen molar-refractivity contribution in [2.45, 2.75) is 45.2 Å². The molecule has 0 bridgehead atoms. The summed E-state index contributed by atoms with van der Waals surface area (Å²) in [7, 11) is 0. The summed E-state index contributed by atoms with van der Waals surface area (Å²) in [5.41, 5.74) is 0. The third-order valence-electron chi connectivity index (χ3n) is 3.56. The van der Waals surface area contributed by atoms with Gasteiger partial charge in [-0.25, -0.2) is 0 Å². The molecule has 0 saturated carbocycles. The van der Waals surface area contributed by atoms with Crippen LogP contribution in [-0.2, 0) is 0 Å². The molecule has 2 rings (SSSR count). The van der Waals surface area contributed by atoms with Gasteiger partial charge in [0.15, 0.2) is 0 Å². The molecule has 1 aliphatic rings. The second kappa shape index (κ2) is 6.81. The van der Waals surface area contributed by atoms with Gasteiger partial charge in [0, 0.05) is 12.6 Å². The van der Waals surface area contributed by atoms with Crippen molar-refractivity contribution >= 4 is 5.91 Å². The van der Waals surface area contributed by atoms with Gasteiger partial charge in [0.2, 0.25) is 5.89 Å². The Kier molecular flexibility index (Phi) is 5.08. The molecule has 3 N–H and O–H groups in total. The third-order valence-corrected chi connectivity index (χ3v) is 3.56. The lowest BCUT2D eigenvalue weighted by Crippen LogP contribution is -2.39. The highest BCUT2D eigenvalue weighted by atomic mass is 16.5. The van der Waals surface area contributed by atoms with E-state index in [0.29, 0.717) is 12.3 Å². The monoisotopic (exact) mass is 282 g/mol. The van der Waals surface area contributed by atoms with E-state index in [1.807, 2.05) is 13.8 Å². The summed E-state index contributed by atoms with van der Waals surface area (Å²) in [5.74, 6) is 0.396. The summed E-state index contributed by atoms with van der Waals surface area (Å²) < 4.78 is 5.14. The van der Waals surface area contributed by atoms with Gasteiger partial charge in [0.05, 0.1) is 6.04 Å². The molecule has 2 atom stereocenters. The van der Waals surface area contributed by atoms with Gasteiger partial charge < -0.3 is 20.3 Å². The normalized spacial score (nSPS) is 20.3. The Hall–Kier alpha value is -1.47. The predicted molar refractivity (Wildman–Crippen MR) is 72.1 cm³/mol. The van der Waals surface area contributed by atoms with E-state index in [-0.39, 0.29) is 36.3 Å².